The number of hydrogen-bond acceptors (Lipinski definition) is 4. The van der Waals surface area contributed by atoms with Crippen molar-refractivity contribution >= 4 is 38.7 Å². The fourth-order valence-corrected chi connectivity index (χ4v) is 2.02. The molecule has 3 N–H and O–H groups in total. The molecule has 1 aromatic carbocycles. The van der Waals surface area contributed by atoms with Gasteiger partial charge in [0.15, 0.2) is 0 Å². The summed E-state index contributed by atoms with van der Waals surface area (Å²) >= 11 is 3.43. The largest absolute Gasteiger partial charge is 0.396 e. The Morgan fingerprint density at radius 3 is 2.39 bits per heavy atom. The maximum absolute atomic E-state index is 5.88. The molecule has 0 unspecified atom stereocenters. The number of pyridine rings is 1. The normalized spacial score (nSPS) is 10.2. The first kappa shape index (κ1) is 12.7. The van der Waals surface area contributed by atoms with Gasteiger partial charge < -0.3 is 16.0 Å². The van der Waals surface area contributed by atoms with Gasteiger partial charge in [0.2, 0.25) is 0 Å². The van der Waals surface area contributed by atoms with Crippen molar-refractivity contribution in [3.8, 4) is 0 Å². The van der Waals surface area contributed by atoms with Crippen LogP contribution in [0.25, 0.3) is 0 Å². The molecule has 2 aromatic rings. The average molecular weight is 307 g/mol. The van der Waals surface area contributed by atoms with E-state index in [4.69, 9.17) is 5.73 Å². The summed E-state index contributed by atoms with van der Waals surface area (Å²) in [6.07, 6.45) is 3.34. The maximum atomic E-state index is 5.88. The van der Waals surface area contributed by atoms with Crippen LogP contribution < -0.4 is 16.0 Å². The van der Waals surface area contributed by atoms with Crippen LogP contribution in [0.1, 0.15) is 0 Å². The third-order valence-corrected chi connectivity index (χ3v) is 3.18. The Bertz CT molecular complexity index is 517. The molecule has 2 rings (SSSR count). The summed E-state index contributed by atoms with van der Waals surface area (Å²) in [5.74, 6) is 0. The Morgan fingerprint density at radius 2 is 1.83 bits per heavy atom. The molecule has 0 saturated heterocycles. The van der Waals surface area contributed by atoms with Gasteiger partial charge in [-0.25, -0.2) is 0 Å². The minimum absolute atomic E-state index is 0.612. The number of benzene rings is 1. The van der Waals surface area contributed by atoms with Gasteiger partial charge in [-0.05, 0) is 40.2 Å². The van der Waals surface area contributed by atoms with Gasteiger partial charge in [-0.3, -0.25) is 4.98 Å². The van der Waals surface area contributed by atoms with Crippen LogP contribution in [-0.4, -0.2) is 19.1 Å². The van der Waals surface area contributed by atoms with E-state index in [1.54, 1.807) is 12.4 Å². The number of rotatable bonds is 3. The van der Waals surface area contributed by atoms with Crippen molar-refractivity contribution in [1.82, 2.24) is 4.98 Å². The van der Waals surface area contributed by atoms with Crippen molar-refractivity contribution < 1.29 is 0 Å². The summed E-state index contributed by atoms with van der Waals surface area (Å²) in [5.41, 5.74) is 9.47. The van der Waals surface area contributed by atoms with Crippen molar-refractivity contribution in [2.75, 3.05) is 30.0 Å². The molecule has 94 valence electrons. The Balaban J connectivity index is 2.24. The summed E-state index contributed by atoms with van der Waals surface area (Å²) in [7, 11) is 4.03. The molecule has 0 bridgehead atoms. The molecular weight excluding hydrogens is 292 g/mol. The summed E-state index contributed by atoms with van der Waals surface area (Å²) in [5, 5.41) is 3.28. The first-order chi connectivity index (χ1) is 8.58. The van der Waals surface area contributed by atoms with Crippen molar-refractivity contribution in [3.05, 3.63) is 41.1 Å². The first-order valence-electron chi connectivity index (χ1n) is 5.51. The monoisotopic (exact) mass is 306 g/mol. The van der Waals surface area contributed by atoms with Gasteiger partial charge in [0.1, 0.15) is 0 Å². The number of nitrogens with two attached hydrogens (primary N) is 1. The topological polar surface area (TPSA) is 54.2 Å². The van der Waals surface area contributed by atoms with Crippen molar-refractivity contribution in [3.63, 3.8) is 0 Å². The van der Waals surface area contributed by atoms with Crippen molar-refractivity contribution in [2.24, 2.45) is 0 Å². The number of nitrogens with one attached hydrogen (secondary N) is 1. The van der Waals surface area contributed by atoms with Crippen LogP contribution in [0.3, 0.4) is 0 Å². The SMILES string of the molecule is CN(C)c1ccc(Nc2c(N)cncc2Br)cc1. The standard InChI is InChI=1S/C13H15BrN4/c1-18(2)10-5-3-9(4-6-10)17-13-11(14)7-16-8-12(13)15/h3-8H,15H2,1-2H3,(H,16,17). The summed E-state index contributed by atoms with van der Waals surface area (Å²) in [6, 6.07) is 8.13. The zero-order valence-corrected chi connectivity index (χ0v) is 11.9. The highest BCUT2D eigenvalue weighted by molar-refractivity contribution is 9.10. The molecule has 0 aliphatic rings. The molecule has 5 heteroatoms. The molecule has 0 saturated carbocycles. The van der Waals surface area contributed by atoms with Gasteiger partial charge in [0, 0.05) is 31.7 Å². The molecule has 0 fully saturated rings. The molecule has 1 heterocycles. The minimum Gasteiger partial charge on any atom is -0.396 e. The highest BCUT2D eigenvalue weighted by Crippen LogP contribution is 2.30. The van der Waals surface area contributed by atoms with E-state index < -0.39 is 0 Å². The zero-order chi connectivity index (χ0) is 13.1. The second-order valence-corrected chi connectivity index (χ2v) is 5.01. The Kier molecular flexibility index (Phi) is 3.72. The van der Waals surface area contributed by atoms with E-state index in [1.165, 1.54) is 0 Å². The lowest BCUT2D eigenvalue weighted by Gasteiger charge is -2.14. The van der Waals surface area contributed by atoms with E-state index in [0.29, 0.717) is 5.69 Å². The number of halogens is 1. The second kappa shape index (κ2) is 5.27. The van der Waals surface area contributed by atoms with Gasteiger partial charge in [0.25, 0.3) is 0 Å². The van der Waals surface area contributed by atoms with E-state index in [0.717, 1.165) is 21.5 Å². The molecule has 0 aliphatic heterocycles. The van der Waals surface area contributed by atoms with Crippen LogP contribution in [0.2, 0.25) is 0 Å². The van der Waals surface area contributed by atoms with Crippen molar-refractivity contribution in [2.45, 2.75) is 0 Å². The molecule has 18 heavy (non-hydrogen) atoms. The number of nitrogens with zero attached hydrogens (tertiary/aromatic N) is 2. The molecule has 0 amide bonds. The number of nitrogen functional groups attached to an aromatic ring is 1. The quantitative estimate of drug-likeness (QED) is 0.914. The highest BCUT2D eigenvalue weighted by Gasteiger charge is 2.05. The van der Waals surface area contributed by atoms with E-state index in [9.17, 15) is 0 Å². The smallest absolute Gasteiger partial charge is 0.0794 e. The van der Waals surface area contributed by atoms with Crippen molar-refractivity contribution in [1.29, 1.82) is 0 Å². The van der Waals surface area contributed by atoms with Crippen LogP contribution in [0.15, 0.2) is 41.1 Å². The Morgan fingerprint density at radius 1 is 1.17 bits per heavy atom. The summed E-state index contributed by atoms with van der Waals surface area (Å²) < 4.78 is 0.846. The molecule has 0 spiro atoms. The van der Waals surface area contributed by atoms with Gasteiger partial charge in [-0.15, -0.1) is 0 Å². The second-order valence-electron chi connectivity index (χ2n) is 4.15. The Labute approximate surface area is 115 Å². The lowest BCUT2D eigenvalue weighted by atomic mass is 10.2. The average Bonchev–Trinajstić information content (AvgIpc) is 2.34. The molecule has 0 aliphatic carbocycles. The molecular formula is C13H15BrN4. The molecule has 4 nitrogen and oxygen atoms in total. The predicted molar refractivity (Wildman–Crippen MR) is 80.4 cm³/mol. The molecule has 0 atom stereocenters. The van der Waals surface area contributed by atoms with E-state index in [1.807, 2.05) is 38.4 Å². The molecule has 0 radical (unpaired) electrons. The fraction of sp³-hybridized carbons (Fsp3) is 0.154. The minimum atomic E-state index is 0.612. The number of anilines is 4. The zero-order valence-electron chi connectivity index (χ0n) is 10.3. The highest BCUT2D eigenvalue weighted by atomic mass is 79.9. The third kappa shape index (κ3) is 2.73. The van der Waals surface area contributed by atoms with Crippen LogP contribution in [0.5, 0.6) is 0 Å². The van der Waals surface area contributed by atoms with E-state index in [-0.39, 0.29) is 0 Å². The van der Waals surface area contributed by atoms with Gasteiger partial charge in [-0.2, -0.15) is 0 Å². The predicted octanol–water partition coefficient (Wildman–Crippen LogP) is 3.24. The lowest BCUT2D eigenvalue weighted by molar-refractivity contribution is 1.13. The van der Waals surface area contributed by atoms with Gasteiger partial charge >= 0.3 is 0 Å². The summed E-state index contributed by atoms with van der Waals surface area (Å²) in [4.78, 5) is 6.06. The number of hydrogen-bond donors (Lipinski definition) is 2. The lowest BCUT2D eigenvalue weighted by Crippen LogP contribution is -2.08. The fourth-order valence-electron chi connectivity index (χ4n) is 1.57. The number of aromatic nitrogens is 1. The van der Waals surface area contributed by atoms with Crippen LogP contribution >= 0.6 is 15.9 Å². The van der Waals surface area contributed by atoms with E-state index in [2.05, 4.69) is 31.1 Å². The van der Waals surface area contributed by atoms with Crippen LogP contribution in [0.4, 0.5) is 22.7 Å². The van der Waals surface area contributed by atoms with E-state index >= 15 is 0 Å². The van der Waals surface area contributed by atoms with Gasteiger partial charge in [0.05, 0.1) is 22.0 Å². The molecule has 1 aromatic heterocycles. The third-order valence-electron chi connectivity index (χ3n) is 2.58. The van der Waals surface area contributed by atoms with Crippen LogP contribution in [0, 0.1) is 0 Å². The Hall–Kier alpha value is -1.75. The van der Waals surface area contributed by atoms with Crippen LogP contribution in [-0.2, 0) is 0 Å². The first-order valence-corrected chi connectivity index (χ1v) is 6.30. The van der Waals surface area contributed by atoms with Gasteiger partial charge in [-0.1, -0.05) is 0 Å². The summed E-state index contributed by atoms with van der Waals surface area (Å²) in [6.45, 7) is 0. The maximum Gasteiger partial charge on any atom is 0.0794 e.